The lowest BCUT2D eigenvalue weighted by atomic mass is 10.0. The molecule has 0 bridgehead atoms. The molecule has 1 aromatic heterocycles. The van der Waals surface area contributed by atoms with Crippen molar-refractivity contribution < 1.29 is 29.3 Å². The lowest BCUT2D eigenvalue weighted by Gasteiger charge is -2.20. The standard InChI is InChI=1S/C36H28N4O6S/c1-21(33(42)37-24-15-13-23(14-16-24)29-20-27(35(44)45)26-10-6-7-11-28(26)38-29)47-36-39-30(18-22-12-17-31(41)32(19-22)46-2)34(43)40(36)25-8-4-3-5-9-25/h3-21,41H,1-2H3,(H,37,42)(H,44,45)/b30-18+. The van der Waals surface area contributed by atoms with Crippen molar-refractivity contribution in [1.29, 1.82) is 0 Å². The largest absolute Gasteiger partial charge is 0.504 e. The number of rotatable bonds is 8. The van der Waals surface area contributed by atoms with Crippen LogP contribution >= 0.6 is 11.8 Å². The summed E-state index contributed by atoms with van der Waals surface area (Å²) in [7, 11) is 1.44. The molecule has 6 rings (SSSR count). The molecule has 5 aromatic rings. The summed E-state index contributed by atoms with van der Waals surface area (Å²) >= 11 is 1.14. The number of aromatic nitrogens is 1. The SMILES string of the molecule is COc1cc(/C=C2/N=C(SC(C)C(=O)Nc3ccc(-c4cc(C(=O)O)c5ccccc5n4)cc3)N(c3ccccc3)C2=O)ccc1O. The van der Waals surface area contributed by atoms with Crippen molar-refractivity contribution in [1.82, 2.24) is 4.98 Å². The van der Waals surface area contributed by atoms with Crippen molar-refractivity contribution in [2.24, 2.45) is 4.99 Å². The van der Waals surface area contributed by atoms with Gasteiger partial charge in [-0.15, -0.1) is 0 Å². The molecule has 234 valence electrons. The van der Waals surface area contributed by atoms with Gasteiger partial charge < -0.3 is 20.3 Å². The summed E-state index contributed by atoms with van der Waals surface area (Å²) in [6.45, 7) is 1.73. The van der Waals surface area contributed by atoms with Gasteiger partial charge in [0.15, 0.2) is 16.7 Å². The number of thioether (sulfide) groups is 1. The normalized spacial score (nSPS) is 14.3. The van der Waals surface area contributed by atoms with Crippen LogP contribution in [0.3, 0.4) is 0 Å². The van der Waals surface area contributed by atoms with Crippen LogP contribution in [-0.2, 0) is 9.59 Å². The Kier molecular flexibility index (Phi) is 8.72. The first-order valence-electron chi connectivity index (χ1n) is 14.5. The second-order valence-corrected chi connectivity index (χ2v) is 11.8. The zero-order chi connectivity index (χ0) is 33.1. The fraction of sp³-hybridized carbons (Fsp3) is 0.0833. The number of nitrogens with zero attached hydrogens (tertiary/aromatic N) is 3. The Bertz CT molecular complexity index is 2080. The van der Waals surface area contributed by atoms with Crippen LogP contribution in [0.5, 0.6) is 11.5 Å². The number of amides is 2. The number of phenolic OH excluding ortho intramolecular Hbond substituents is 1. The quantitative estimate of drug-likeness (QED) is 0.156. The van der Waals surface area contributed by atoms with E-state index in [1.807, 2.05) is 18.2 Å². The molecule has 2 amide bonds. The minimum atomic E-state index is -1.04. The summed E-state index contributed by atoms with van der Waals surface area (Å²) in [5.41, 5.74) is 3.85. The van der Waals surface area contributed by atoms with Gasteiger partial charge in [0.2, 0.25) is 5.91 Å². The molecule has 10 nitrogen and oxygen atoms in total. The molecule has 1 aliphatic heterocycles. The van der Waals surface area contributed by atoms with Gasteiger partial charge >= 0.3 is 5.97 Å². The number of fused-ring (bicyclic) bond motifs is 1. The average Bonchev–Trinajstić information content (AvgIpc) is 3.38. The van der Waals surface area contributed by atoms with E-state index in [1.165, 1.54) is 18.1 Å². The molecule has 0 fully saturated rings. The summed E-state index contributed by atoms with van der Waals surface area (Å²) in [5, 5.41) is 22.9. The molecular formula is C36H28N4O6S. The van der Waals surface area contributed by atoms with Crippen molar-refractivity contribution in [2.45, 2.75) is 12.2 Å². The molecule has 3 N–H and O–H groups in total. The lowest BCUT2D eigenvalue weighted by molar-refractivity contribution is -0.115. The second-order valence-electron chi connectivity index (χ2n) is 10.5. The average molecular weight is 645 g/mol. The summed E-state index contributed by atoms with van der Waals surface area (Å²) in [4.78, 5) is 49.5. The van der Waals surface area contributed by atoms with Crippen molar-refractivity contribution in [3.8, 4) is 22.8 Å². The molecule has 2 heterocycles. The number of aromatic hydroxyl groups is 1. The van der Waals surface area contributed by atoms with Crippen molar-refractivity contribution >= 4 is 63.1 Å². The Morgan fingerprint density at radius 1 is 0.957 bits per heavy atom. The zero-order valence-electron chi connectivity index (χ0n) is 25.2. The number of pyridine rings is 1. The summed E-state index contributed by atoms with van der Waals surface area (Å²) in [6.07, 6.45) is 1.60. The molecule has 0 saturated carbocycles. The summed E-state index contributed by atoms with van der Waals surface area (Å²) in [5.74, 6) is -1.46. The zero-order valence-corrected chi connectivity index (χ0v) is 26.1. The first-order chi connectivity index (χ1) is 22.7. The maximum atomic E-state index is 13.6. The molecule has 1 aliphatic rings. The number of aliphatic imine (C=N–C) groups is 1. The van der Waals surface area contributed by atoms with Gasteiger partial charge in [0.25, 0.3) is 5.91 Å². The molecule has 47 heavy (non-hydrogen) atoms. The number of benzene rings is 4. The van der Waals surface area contributed by atoms with Gasteiger partial charge in [-0.1, -0.05) is 66.4 Å². The number of methoxy groups -OCH3 is 1. The number of nitrogens with one attached hydrogen (secondary N) is 1. The first-order valence-corrected chi connectivity index (χ1v) is 15.4. The number of anilines is 2. The highest BCUT2D eigenvalue weighted by molar-refractivity contribution is 8.15. The molecule has 4 aromatic carbocycles. The van der Waals surface area contributed by atoms with Crippen LogP contribution in [-0.4, -0.2) is 50.5 Å². The Balaban J connectivity index is 1.21. The highest BCUT2D eigenvalue weighted by Crippen LogP contribution is 2.33. The number of carbonyl (C=O) groups excluding carboxylic acids is 2. The monoisotopic (exact) mass is 644 g/mol. The number of amidine groups is 1. The van der Waals surface area contributed by atoms with Gasteiger partial charge in [-0.3, -0.25) is 14.5 Å². The number of carboxylic acid groups (broad SMARTS) is 1. The number of ether oxygens (including phenoxy) is 1. The van der Waals surface area contributed by atoms with Crippen LogP contribution < -0.4 is 15.0 Å². The van der Waals surface area contributed by atoms with Crippen LogP contribution in [0.1, 0.15) is 22.8 Å². The number of hydrogen-bond donors (Lipinski definition) is 3. The Morgan fingerprint density at radius 2 is 1.68 bits per heavy atom. The molecule has 0 aliphatic carbocycles. The third-order valence-corrected chi connectivity index (χ3v) is 8.45. The molecule has 0 saturated heterocycles. The van der Waals surface area contributed by atoms with Crippen LogP contribution in [0.4, 0.5) is 11.4 Å². The fourth-order valence-corrected chi connectivity index (χ4v) is 5.93. The van der Waals surface area contributed by atoms with E-state index in [1.54, 1.807) is 91.9 Å². The van der Waals surface area contributed by atoms with Crippen molar-refractivity contribution in [3.63, 3.8) is 0 Å². The molecule has 1 unspecified atom stereocenters. The maximum absolute atomic E-state index is 13.6. The van der Waals surface area contributed by atoms with Crippen molar-refractivity contribution in [2.75, 3.05) is 17.3 Å². The number of para-hydroxylation sites is 2. The van der Waals surface area contributed by atoms with Gasteiger partial charge in [-0.25, -0.2) is 14.8 Å². The highest BCUT2D eigenvalue weighted by Gasteiger charge is 2.34. The predicted molar refractivity (Wildman–Crippen MR) is 184 cm³/mol. The van der Waals surface area contributed by atoms with E-state index < -0.39 is 11.2 Å². The van der Waals surface area contributed by atoms with Crippen LogP contribution in [0.15, 0.2) is 114 Å². The van der Waals surface area contributed by atoms with Crippen molar-refractivity contribution in [3.05, 3.63) is 120 Å². The minimum Gasteiger partial charge on any atom is -0.504 e. The number of hydrogen-bond acceptors (Lipinski definition) is 8. The summed E-state index contributed by atoms with van der Waals surface area (Å²) in [6, 6.07) is 29.4. The Labute approximate surface area is 274 Å². The van der Waals surface area contributed by atoms with Gasteiger partial charge in [-0.2, -0.15) is 0 Å². The van der Waals surface area contributed by atoms with E-state index in [0.29, 0.717) is 44.3 Å². The van der Waals surface area contributed by atoms with E-state index in [0.717, 1.165) is 11.8 Å². The van der Waals surface area contributed by atoms with Crippen LogP contribution in [0, 0.1) is 0 Å². The number of phenols is 1. The van der Waals surface area contributed by atoms with E-state index in [4.69, 9.17) is 4.74 Å². The molecule has 11 heteroatoms. The minimum absolute atomic E-state index is 0.0230. The van der Waals surface area contributed by atoms with E-state index >= 15 is 0 Å². The lowest BCUT2D eigenvalue weighted by Crippen LogP contribution is -2.33. The third kappa shape index (κ3) is 6.56. The van der Waals surface area contributed by atoms with Crippen LogP contribution in [0.2, 0.25) is 0 Å². The van der Waals surface area contributed by atoms with Gasteiger partial charge in [0, 0.05) is 16.6 Å². The molecular weight excluding hydrogens is 616 g/mol. The topological polar surface area (TPSA) is 141 Å². The fourth-order valence-electron chi connectivity index (χ4n) is 5.00. The molecule has 0 spiro atoms. The Morgan fingerprint density at radius 3 is 2.40 bits per heavy atom. The maximum Gasteiger partial charge on any atom is 0.336 e. The van der Waals surface area contributed by atoms with E-state index in [2.05, 4.69) is 15.3 Å². The van der Waals surface area contributed by atoms with E-state index in [9.17, 15) is 24.6 Å². The van der Waals surface area contributed by atoms with Gasteiger partial charge in [0.05, 0.1) is 34.8 Å². The molecule has 0 radical (unpaired) electrons. The third-order valence-electron chi connectivity index (χ3n) is 7.40. The van der Waals surface area contributed by atoms with Gasteiger partial charge in [0.1, 0.15) is 5.70 Å². The predicted octanol–water partition coefficient (Wildman–Crippen LogP) is 6.82. The first kappa shape index (κ1) is 31.1. The van der Waals surface area contributed by atoms with Gasteiger partial charge in [-0.05, 0) is 67.1 Å². The highest BCUT2D eigenvalue weighted by atomic mass is 32.2. The Hall–Kier alpha value is -5.94. The van der Waals surface area contributed by atoms with E-state index in [-0.39, 0.29) is 34.6 Å². The number of carboxylic acids is 1. The number of carbonyl (C=O) groups is 3. The molecule has 1 atom stereocenters. The summed E-state index contributed by atoms with van der Waals surface area (Å²) < 4.78 is 5.19. The second kappa shape index (κ2) is 13.2. The van der Waals surface area contributed by atoms with Crippen LogP contribution in [0.25, 0.3) is 28.2 Å². The smallest absolute Gasteiger partial charge is 0.336 e. The number of aromatic carboxylic acids is 1.